The largest absolute Gasteiger partial charge is 0.434 e. The monoisotopic (exact) mass is 306 g/mol. The third kappa shape index (κ3) is 3.14. The molecule has 8 heteroatoms. The van der Waals surface area contributed by atoms with Gasteiger partial charge in [0.1, 0.15) is 0 Å². The Hall–Kier alpha value is -2.12. The Morgan fingerprint density at radius 3 is 2.00 bits per heavy atom. The number of aromatic nitrogens is 2. The zero-order valence-corrected chi connectivity index (χ0v) is 10.5. The van der Waals surface area contributed by atoms with Crippen LogP contribution in [-0.4, -0.2) is 9.97 Å². The Bertz CT molecular complexity index is 611. The van der Waals surface area contributed by atoms with Crippen molar-refractivity contribution >= 4 is 0 Å². The van der Waals surface area contributed by atoms with Crippen LogP contribution in [-0.2, 0) is 12.4 Å². The van der Waals surface area contributed by atoms with Crippen molar-refractivity contribution in [3.8, 4) is 11.3 Å². The van der Waals surface area contributed by atoms with Crippen LogP contribution in [0.15, 0.2) is 30.6 Å². The van der Waals surface area contributed by atoms with E-state index < -0.39 is 34.9 Å². The third-order valence-corrected chi connectivity index (χ3v) is 2.69. The fourth-order valence-electron chi connectivity index (χ4n) is 1.79. The van der Waals surface area contributed by atoms with E-state index in [9.17, 15) is 26.3 Å². The van der Waals surface area contributed by atoms with Crippen LogP contribution >= 0.6 is 0 Å². The molecule has 0 aliphatic carbocycles. The Morgan fingerprint density at radius 1 is 0.857 bits per heavy atom. The topological polar surface area (TPSA) is 25.8 Å². The molecule has 0 atom stereocenters. The van der Waals surface area contributed by atoms with E-state index in [1.165, 1.54) is 12.3 Å². The first-order valence-corrected chi connectivity index (χ1v) is 5.67. The van der Waals surface area contributed by atoms with Crippen molar-refractivity contribution in [3.05, 3.63) is 47.4 Å². The fraction of sp³-hybridized carbons (Fsp3) is 0.231. The minimum absolute atomic E-state index is 0.423. The van der Waals surface area contributed by atoms with Crippen LogP contribution in [0.5, 0.6) is 0 Å². The quantitative estimate of drug-likeness (QED) is 0.725. The molecule has 21 heavy (non-hydrogen) atoms. The van der Waals surface area contributed by atoms with E-state index in [-0.39, 0.29) is 0 Å². The van der Waals surface area contributed by atoms with E-state index in [1.807, 2.05) is 0 Å². The van der Waals surface area contributed by atoms with Crippen LogP contribution in [0.2, 0.25) is 0 Å². The van der Waals surface area contributed by atoms with E-state index in [0.717, 1.165) is 6.07 Å². The van der Waals surface area contributed by atoms with Gasteiger partial charge in [-0.15, -0.1) is 0 Å². The van der Waals surface area contributed by atoms with Crippen LogP contribution in [0.25, 0.3) is 11.3 Å². The summed E-state index contributed by atoms with van der Waals surface area (Å²) in [5.41, 5.74) is -3.88. The van der Waals surface area contributed by atoms with Gasteiger partial charge in [-0.2, -0.15) is 26.3 Å². The molecular weight excluding hydrogens is 298 g/mol. The highest BCUT2D eigenvalue weighted by Crippen LogP contribution is 2.42. The lowest BCUT2D eigenvalue weighted by molar-refractivity contribution is -0.144. The smallest absolute Gasteiger partial charge is 0.256 e. The lowest BCUT2D eigenvalue weighted by Gasteiger charge is -2.17. The van der Waals surface area contributed by atoms with Crippen LogP contribution in [0.1, 0.15) is 16.8 Å². The molecule has 0 aliphatic rings. The Kier molecular flexibility index (Phi) is 3.65. The number of hydrogen-bond acceptors (Lipinski definition) is 2. The van der Waals surface area contributed by atoms with Crippen LogP contribution in [0.3, 0.4) is 0 Å². The number of pyridine rings is 2. The van der Waals surface area contributed by atoms with Crippen LogP contribution in [0.4, 0.5) is 26.3 Å². The molecule has 0 aliphatic heterocycles. The van der Waals surface area contributed by atoms with Gasteiger partial charge in [-0.3, -0.25) is 9.97 Å². The molecular formula is C13H8F6N2. The standard InChI is InChI=1S/C13H8F6N2/c1-7-2-3-9(21-6-7)10-8(12(14,15)16)4-5-20-11(10)13(17,18)19/h2-6H,1H3. The molecule has 0 N–H and O–H groups in total. The molecule has 2 aromatic rings. The SMILES string of the molecule is Cc1ccc(-c2c(C(F)(F)F)ccnc2C(F)(F)F)nc1. The second-order valence-electron chi connectivity index (χ2n) is 4.30. The first kappa shape index (κ1) is 15.3. The average molecular weight is 306 g/mol. The van der Waals surface area contributed by atoms with E-state index >= 15 is 0 Å². The lowest BCUT2D eigenvalue weighted by atomic mass is 10.0. The summed E-state index contributed by atoms with van der Waals surface area (Å²) < 4.78 is 77.6. The van der Waals surface area contributed by atoms with Crippen molar-refractivity contribution in [1.29, 1.82) is 0 Å². The molecule has 0 spiro atoms. The predicted molar refractivity (Wildman–Crippen MR) is 62.2 cm³/mol. The summed E-state index contributed by atoms with van der Waals surface area (Å²) >= 11 is 0. The van der Waals surface area contributed by atoms with Crippen molar-refractivity contribution in [2.24, 2.45) is 0 Å². The van der Waals surface area contributed by atoms with Crippen LogP contribution in [0, 0.1) is 6.92 Å². The molecule has 0 bridgehead atoms. The van der Waals surface area contributed by atoms with Gasteiger partial charge in [0.25, 0.3) is 0 Å². The molecule has 2 nitrogen and oxygen atoms in total. The molecule has 112 valence electrons. The number of halogens is 6. The van der Waals surface area contributed by atoms with Crippen molar-refractivity contribution in [1.82, 2.24) is 9.97 Å². The number of aryl methyl sites for hydroxylation is 1. The summed E-state index contributed by atoms with van der Waals surface area (Å²) in [6.45, 7) is 1.62. The summed E-state index contributed by atoms with van der Waals surface area (Å²) in [7, 11) is 0. The average Bonchev–Trinajstić information content (AvgIpc) is 2.37. The Morgan fingerprint density at radius 2 is 1.52 bits per heavy atom. The van der Waals surface area contributed by atoms with E-state index in [1.54, 1.807) is 6.92 Å². The molecule has 0 saturated carbocycles. The predicted octanol–water partition coefficient (Wildman–Crippen LogP) is 4.49. The summed E-state index contributed by atoms with van der Waals surface area (Å²) in [5.74, 6) is 0. The van der Waals surface area contributed by atoms with Gasteiger partial charge < -0.3 is 0 Å². The molecule has 0 amide bonds. The number of rotatable bonds is 1. The van der Waals surface area contributed by atoms with Gasteiger partial charge in [-0.05, 0) is 24.6 Å². The molecule has 2 heterocycles. The summed E-state index contributed by atoms with van der Waals surface area (Å²) in [6, 6.07) is 3.00. The summed E-state index contributed by atoms with van der Waals surface area (Å²) in [5, 5.41) is 0. The van der Waals surface area contributed by atoms with E-state index in [4.69, 9.17) is 0 Å². The zero-order chi connectivity index (χ0) is 15.8. The first-order chi connectivity index (χ1) is 9.60. The fourth-order valence-corrected chi connectivity index (χ4v) is 1.79. The molecule has 0 unspecified atom stereocenters. The van der Waals surface area contributed by atoms with Crippen molar-refractivity contribution < 1.29 is 26.3 Å². The minimum Gasteiger partial charge on any atom is -0.256 e. The first-order valence-electron chi connectivity index (χ1n) is 5.67. The maximum atomic E-state index is 13.0. The highest BCUT2D eigenvalue weighted by molar-refractivity contribution is 5.67. The highest BCUT2D eigenvalue weighted by atomic mass is 19.4. The maximum Gasteiger partial charge on any atom is 0.434 e. The molecule has 0 saturated heterocycles. The zero-order valence-electron chi connectivity index (χ0n) is 10.5. The summed E-state index contributed by atoms with van der Waals surface area (Å²) in [6.07, 6.45) is -8.26. The van der Waals surface area contributed by atoms with E-state index in [0.29, 0.717) is 17.8 Å². The molecule has 0 fully saturated rings. The Labute approximate surface area is 115 Å². The molecule has 2 aromatic heterocycles. The second kappa shape index (κ2) is 5.01. The number of nitrogens with zero attached hydrogens (tertiary/aromatic N) is 2. The Balaban J connectivity index is 2.79. The highest BCUT2D eigenvalue weighted by Gasteiger charge is 2.42. The van der Waals surface area contributed by atoms with Gasteiger partial charge in [-0.25, -0.2) is 0 Å². The van der Waals surface area contributed by atoms with Gasteiger partial charge in [0.05, 0.1) is 11.3 Å². The summed E-state index contributed by atoms with van der Waals surface area (Å²) in [4.78, 5) is 6.71. The minimum atomic E-state index is -5.01. The van der Waals surface area contributed by atoms with Crippen LogP contribution < -0.4 is 0 Å². The maximum absolute atomic E-state index is 13.0. The van der Waals surface area contributed by atoms with Crippen molar-refractivity contribution in [2.75, 3.05) is 0 Å². The normalized spacial score (nSPS) is 12.5. The molecule has 2 rings (SSSR count). The second-order valence-corrected chi connectivity index (χ2v) is 4.30. The van der Waals surface area contributed by atoms with Crippen molar-refractivity contribution in [3.63, 3.8) is 0 Å². The number of hydrogen-bond donors (Lipinski definition) is 0. The molecule has 0 aromatic carbocycles. The third-order valence-electron chi connectivity index (χ3n) is 2.69. The number of alkyl halides is 6. The lowest BCUT2D eigenvalue weighted by Crippen LogP contribution is -2.16. The van der Waals surface area contributed by atoms with Gasteiger partial charge in [-0.1, -0.05) is 6.07 Å². The van der Waals surface area contributed by atoms with E-state index in [2.05, 4.69) is 9.97 Å². The van der Waals surface area contributed by atoms with Gasteiger partial charge >= 0.3 is 12.4 Å². The van der Waals surface area contributed by atoms with Crippen molar-refractivity contribution in [2.45, 2.75) is 19.3 Å². The van der Waals surface area contributed by atoms with Gasteiger partial charge in [0.2, 0.25) is 0 Å². The van der Waals surface area contributed by atoms with Gasteiger partial charge in [0, 0.05) is 18.0 Å². The molecule has 0 radical (unpaired) electrons. The van der Waals surface area contributed by atoms with Gasteiger partial charge in [0.15, 0.2) is 5.69 Å².